The highest BCUT2D eigenvalue weighted by Crippen LogP contribution is 2.42. The van der Waals surface area contributed by atoms with Gasteiger partial charge in [-0.3, -0.25) is 0 Å². The van der Waals surface area contributed by atoms with E-state index >= 15 is 0 Å². The number of nitrogens with two attached hydrogens (primary N) is 1. The predicted octanol–water partition coefficient (Wildman–Crippen LogP) is 3.70. The van der Waals surface area contributed by atoms with Crippen molar-refractivity contribution in [1.29, 1.82) is 0 Å². The second-order valence-electron chi connectivity index (χ2n) is 3.23. The van der Waals surface area contributed by atoms with Crippen LogP contribution in [0.2, 0.25) is 0 Å². The SMILES string of the molecule is C=C1C(Cl)=Cc2c(N)cccc2C1Cl. The summed E-state index contributed by atoms with van der Waals surface area (Å²) in [6.45, 7) is 3.83. The third kappa shape index (κ3) is 1.33. The maximum absolute atomic E-state index is 6.18. The first-order valence-corrected chi connectivity index (χ1v) is 5.01. The van der Waals surface area contributed by atoms with Gasteiger partial charge in [0.1, 0.15) is 0 Å². The molecule has 1 atom stereocenters. The van der Waals surface area contributed by atoms with E-state index in [-0.39, 0.29) is 5.38 Å². The van der Waals surface area contributed by atoms with Crippen LogP contribution in [0.5, 0.6) is 0 Å². The second kappa shape index (κ2) is 3.34. The molecule has 0 amide bonds. The van der Waals surface area contributed by atoms with Gasteiger partial charge in [0, 0.05) is 16.3 Å². The number of benzene rings is 1. The van der Waals surface area contributed by atoms with E-state index in [1.807, 2.05) is 24.3 Å². The highest BCUT2D eigenvalue weighted by molar-refractivity contribution is 6.36. The van der Waals surface area contributed by atoms with Crippen LogP contribution < -0.4 is 5.73 Å². The molecular formula is C11H9Cl2N. The molecule has 0 radical (unpaired) electrons. The molecular weight excluding hydrogens is 217 g/mol. The van der Waals surface area contributed by atoms with Crippen molar-refractivity contribution in [2.24, 2.45) is 0 Å². The number of hydrogen-bond donors (Lipinski definition) is 1. The van der Waals surface area contributed by atoms with E-state index in [4.69, 9.17) is 28.9 Å². The molecule has 0 aliphatic heterocycles. The molecule has 0 heterocycles. The smallest absolute Gasteiger partial charge is 0.0850 e. The van der Waals surface area contributed by atoms with E-state index < -0.39 is 0 Å². The van der Waals surface area contributed by atoms with Crippen LogP contribution in [0.25, 0.3) is 6.08 Å². The van der Waals surface area contributed by atoms with Crippen LogP contribution in [0.15, 0.2) is 35.4 Å². The van der Waals surface area contributed by atoms with Crippen molar-refractivity contribution < 1.29 is 0 Å². The van der Waals surface area contributed by atoms with Gasteiger partial charge >= 0.3 is 0 Å². The van der Waals surface area contributed by atoms with E-state index in [1.54, 1.807) is 0 Å². The summed E-state index contributed by atoms with van der Waals surface area (Å²) in [5.74, 6) is 0. The summed E-state index contributed by atoms with van der Waals surface area (Å²) in [4.78, 5) is 0. The first-order valence-electron chi connectivity index (χ1n) is 4.20. The second-order valence-corrected chi connectivity index (χ2v) is 4.07. The number of nitrogen functional groups attached to an aromatic ring is 1. The molecule has 0 saturated carbocycles. The zero-order valence-electron chi connectivity index (χ0n) is 7.43. The molecule has 1 unspecified atom stereocenters. The first-order chi connectivity index (χ1) is 6.61. The molecule has 72 valence electrons. The van der Waals surface area contributed by atoms with Crippen molar-refractivity contribution in [2.45, 2.75) is 5.38 Å². The van der Waals surface area contributed by atoms with Gasteiger partial charge in [0.25, 0.3) is 0 Å². The topological polar surface area (TPSA) is 26.0 Å². The van der Waals surface area contributed by atoms with Crippen LogP contribution >= 0.6 is 23.2 Å². The molecule has 0 fully saturated rings. The minimum atomic E-state index is -0.272. The Bertz CT molecular complexity index is 435. The molecule has 0 aromatic heterocycles. The van der Waals surface area contributed by atoms with Crippen LogP contribution in [-0.4, -0.2) is 0 Å². The van der Waals surface area contributed by atoms with Crippen molar-refractivity contribution in [3.05, 3.63) is 46.5 Å². The van der Waals surface area contributed by atoms with Gasteiger partial charge in [-0.2, -0.15) is 0 Å². The summed E-state index contributed by atoms with van der Waals surface area (Å²) in [6, 6.07) is 5.65. The van der Waals surface area contributed by atoms with E-state index in [2.05, 4.69) is 6.58 Å². The Labute approximate surface area is 92.8 Å². The fraction of sp³-hybridized carbons (Fsp3) is 0.0909. The number of fused-ring (bicyclic) bond motifs is 1. The van der Waals surface area contributed by atoms with E-state index in [0.717, 1.165) is 16.7 Å². The summed E-state index contributed by atoms with van der Waals surface area (Å²) in [6.07, 6.45) is 1.81. The quantitative estimate of drug-likeness (QED) is 0.529. The molecule has 1 aliphatic rings. The largest absolute Gasteiger partial charge is 0.398 e. The number of alkyl halides is 1. The summed E-state index contributed by atoms with van der Waals surface area (Å²) >= 11 is 12.2. The van der Waals surface area contributed by atoms with E-state index in [0.29, 0.717) is 10.7 Å². The molecule has 2 rings (SSSR count). The maximum atomic E-state index is 6.18. The lowest BCUT2D eigenvalue weighted by molar-refractivity contribution is 1.12. The van der Waals surface area contributed by atoms with E-state index in [1.165, 1.54) is 0 Å². The van der Waals surface area contributed by atoms with Crippen molar-refractivity contribution in [2.75, 3.05) is 5.73 Å². The summed E-state index contributed by atoms with van der Waals surface area (Å²) in [5.41, 5.74) is 9.12. The Kier molecular flexibility index (Phi) is 2.30. The van der Waals surface area contributed by atoms with Crippen molar-refractivity contribution >= 4 is 35.0 Å². The Hall–Kier alpha value is -0.920. The third-order valence-electron chi connectivity index (χ3n) is 2.33. The van der Waals surface area contributed by atoms with Crippen LogP contribution in [0.1, 0.15) is 16.5 Å². The molecule has 0 saturated heterocycles. The average molecular weight is 226 g/mol. The fourth-order valence-electron chi connectivity index (χ4n) is 1.52. The molecule has 2 N–H and O–H groups in total. The average Bonchev–Trinajstić information content (AvgIpc) is 2.17. The van der Waals surface area contributed by atoms with Gasteiger partial charge < -0.3 is 5.73 Å². The Morgan fingerprint density at radius 1 is 1.36 bits per heavy atom. The summed E-state index contributed by atoms with van der Waals surface area (Å²) < 4.78 is 0. The Balaban J connectivity index is 2.69. The minimum Gasteiger partial charge on any atom is -0.398 e. The molecule has 0 spiro atoms. The lowest BCUT2D eigenvalue weighted by Gasteiger charge is -2.21. The number of halogens is 2. The standard InChI is InChI=1S/C11H9Cl2N/c1-6-9(12)5-8-7(11(6)13)3-2-4-10(8)14/h2-5,11H,1,14H2. The lowest BCUT2D eigenvalue weighted by Crippen LogP contribution is -2.05. The monoisotopic (exact) mass is 225 g/mol. The highest BCUT2D eigenvalue weighted by Gasteiger charge is 2.22. The molecule has 14 heavy (non-hydrogen) atoms. The zero-order chi connectivity index (χ0) is 10.3. The number of rotatable bonds is 0. The van der Waals surface area contributed by atoms with Gasteiger partial charge in [0.2, 0.25) is 0 Å². The van der Waals surface area contributed by atoms with Gasteiger partial charge in [-0.15, -0.1) is 11.6 Å². The van der Waals surface area contributed by atoms with Gasteiger partial charge in [-0.25, -0.2) is 0 Å². The van der Waals surface area contributed by atoms with Crippen LogP contribution in [-0.2, 0) is 0 Å². The minimum absolute atomic E-state index is 0.272. The van der Waals surface area contributed by atoms with Gasteiger partial charge in [-0.1, -0.05) is 30.3 Å². The molecule has 3 heteroatoms. The summed E-state index contributed by atoms with van der Waals surface area (Å²) in [7, 11) is 0. The van der Waals surface area contributed by atoms with Gasteiger partial charge in [-0.05, 0) is 23.3 Å². The third-order valence-corrected chi connectivity index (χ3v) is 3.18. The number of hydrogen-bond acceptors (Lipinski definition) is 1. The fourth-order valence-corrected chi connectivity index (χ4v) is 2.10. The van der Waals surface area contributed by atoms with Gasteiger partial charge in [0.15, 0.2) is 0 Å². The van der Waals surface area contributed by atoms with Crippen LogP contribution in [0.3, 0.4) is 0 Å². The molecule has 1 aromatic carbocycles. The zero-order valence-corrected chi connectivity index (χ0v) is 8.94. The summed E-state index contributed by atoms with van der Waals surface area (Å²) in [5, 5.41) is 0.307. The predicted molar refractivity (Wildman–Crippen MR) is 62.4 cm³/mol. The normalized spacial score (nSPS) is 20.3. The molecule has 1 nitrogen and oxygen atoms in total. The van der Waals surface area contributed by atoms with Crippen molar-refractivity contribution in [1.82, 2.24) is 0 Å². The number of allylic oxidation sites excluding steroid dienone is 2. The molecule has 1 aromatic rings. The molecule has 0 bridgehead atoms. The maximum Gasteiger partial charge on any atom is 0.0850 e. The number of anilines is 1. The van der Waals surface area contributed by atoms with E-state index in [9.17, 15) is 0 Å². The van der Waals surface area contributed by atoms with Crippen LogP contribution in [0.4, 0.5) is 5.69 Å². The molecule has 1 aliphatic carbocycles. The van der Waals surface area contributed by atoms with Crippen molar-refractivity contribution in [3.63, 3.8) is 0 Å². The highest BCUT2D eigenvalue weighted by atomic mass is 35.5. The Morgan fingerprint density at radius 2 is 2.07 bits per heavy atom. The lowest BCUT2D eigenvalue weighted by atomic mass is 9.93. The Morgan fingerprint density at radius 3 is 2.79 bits per heavy atom. The first kappa shape index (κ1) is 9.63. The van der Waals surface area contributed by atoms with Crippen molar-refractivity contribution in [3.8, 4) is 0 Å². The van der Waals surface area contributed by atoms with Crippen LogP contribution in [0, 0.1) is 0 Å². The van der Waals surface area contributed by atoms with Gasteiger partial charge in [0.05, 0.1) is 5.38 Å².